The normalized spacial score (nSPS) is 18.9. The summed E-state index contributed by atoms with van der Waals surface area (Å²) in [5.41, 5.74) is 0.218. The van der Waals surface area contributed by atoms with Crippen molar-refractivity contribution < 1.29 is 10.2 Å². The third-order valence-electron chi connectivity index (χ3n) is 3.34. The minimum atomic E-state index is -0.338. The average Bonchev–Trinajstić information content (AvgIpc) is 2.40. The monoisotopic (exact) mass is 528 g/mol. The topological polar surface area (TPSA) is 40.5 Å². The molecule has 0 fully saturated rings. The minimum Gasteiger partial charge on any atom is -0.391 e. The van der Waals surface area contributed by atoms with Gasteiger partial charge in [0.25, 0.3) is 0 Å². The Morgan fingerprint density at radius 1 is 0.842 bits per heavy atom. The number of alkyl halides is 4. The lowest BCUT2D eigenvalue weighted by molar-refractivity contribution is 0.175. The van der Waals surface area contributed by atoms with E-state index in [0.29, 0.717) is 10.7 Å². The largest absolute Gasteiger partial charge is 0.391 e. The lowest BCUT2D eigenvalue weighted by Crippen LogP contribution is -2.26. The summed E-state index contributed by atoms with van der Waals surface area (Å²) in [5.74, 6) is 0. The Labute approximate surface area is 150 Å². The van der Waals surface area contributed by atoms with Gasteiger partial charge in [-0.2, -0.15) is 0 Å². The van der Waals surface area contributed by atoms with Gasteiger partial charge >= 0.3 is 0 Å². The first-order chi connectivity index (χ1) is 8.73. The summed E-state index contributed by atoms with van der Waals surface area (Å²) in [6, 6.07) is 0. The molecule has 4 unspecified atom stereocenters. The van der Waals surface area contributed by atoms with Gasteiger partial charge in [-0.05, 0) is 31.1 Å². The van der Waals surface area contributed by atoms with Crippen molar-refractivity contribution in [2.45, 2.75) is 61.4 Å². The summed E-state index contributed by atoms with van der Waals surface area (Å²) in [7, 11) is 0. The Balaban J connectivity index is 4.04. The van der Waals surface area contributed by atoms with Gasteiger partial charge < -0.3 is 10.2 Å². The van der Waals surface area contributed by atoms with Crippen molar-refractivity contribution in [3.05, 3.63) is 0 Å². The van der Waals surface area contributed by atoms with Crippen molar-refractivity contribution in [3.8, 4) is 0 Å². The van der Waals surface area contributed by atoms with Gasteiger partial charge in [0.2, 0.25) is 0 Å². The molecule has 0 aromatic rings. The number of halogens is 4. The van der Waals surface area contributed by atoms with E-state index >= 15 is 0 Å². The van der Waals surface area contributed by atoms with Crippen molar-refractivity contribution in [3.63, 3.8) is 0 Å². The number of aliphatic hydroxyl groups excluding tert-OH is 2. The van der Waals surface area contributed by atoms with Crippen LogP contribution >= 0.6 is 63.7 Å². The van der Waals surface area contributed by atoms with Crippen LogP contribution in [0.25, 0.3) is 0 Å². The van der Waals surface area contributed by atoms with Crippen LogP contribution in [0.4, 0.5) is 0 Å². The highest BCUT2D eigenvalue weighted by molar-refractivity contribution is 9.10. The maximum absolute atomic E-state index is 9.71. The fourth-order valence-corrected chi connectivity index (χ4v) is 4.50. The van der Waals surface area contributed by atoms with Gasteiger partial charge in [-0.3, -0.25) is 0 Å². The van der Waals surface area contributed by atoms with E-state index in [9.17, 15) is 10.2 Å². The van der Waals surface area contributed by atoms with Gasteiger partial charge in [-0.25, -0.2) is 0 Å². The molecule has 0 rings (SSSR count). The maximum Gasteiger partial charge on any atom is 0.0761 e. The van der Waals surface area contributed by atoms with E-state index in [1.165, 1.54) is 0 Å². The van der Waals surface area contributed by atoms with E-state index in [0.717, 1.165) is 25.7 Å². The predicted octanol–water partition coefficient (Wildman–Crippen LogP) is 4.61. The Kier molecular flexibility index (Phi) is 11.6. The number of aliphatic hydroxyl groups is 2. The summed E-state index contributed by atoms with van der Waals surface area (Å²) >= 11 is 13.7. The molecule has 19 heavy (non-hydrogen) atoms. The summed E-state index contributed by atoms with van der Waals surface area (Å²) in [6.07, 6.45) is 3.33. The summed E-state index contributed by atoms with van der Waals surface area (Å²) in [4.78, 5) is 0.276. The molecule has 0 aliphatic rings. The van der Waals surface area contributed by atoms with Crippen LogP contribution in [0.2, 0.25) is 0 Å². The molecule has 0 spiro atoms. The molecule has 4 atom stereocenters. The van der Waals surface area contributed by atoms with Crippen LogP contribution in [0.3, 0.4) is 0 Å². The predicted molar refractivity (Wildman–Crippen MR) is 97.3 cm³/mol. The highest BCUT2D eigenvalue weighted by Crippen LogP contribution is 2.33. The van der Waals surface area contributed by atoms with Crippen molar-refractivity contribution in [1.29, 1.82) is 0 Å². The van der Waals surface area contributed by atoms with E-state index in [-0.39, 0.29) is 27.3 Å². The molecule has 6 heteroatoms. The molecular weight excluding hydrogens is 508 g/mol. The van der Waals surface area contributed by atoms with E-state index in [1.54, 1.807) is 0 Å². The van der Waals surface area contributed by atoms with Crippen LogP contribution < -0.4 is 0 Å². The van der Waals surface area contributed by atoms with E-state index < -0.39 is 0 Å². The third-order valence-corrected chi connectivity index (χ3v) is 6.81. The van der Waals surface area contributed by atoms with Gasteiger partial charge in [0.15, 0.2) is 0 Å². The summed E-state index contributed by atoms with van der Waals surface area (Å²) in [6.45, 7) is 4.49. The van der Waals surface area contributed by atoms with Crippen LogP contribution in [0.15, 0.2) is 0 Å². The smallest absolute Gasteiger partial charge is 0.0761 e. The fraction of sp³-hybridized carbons (Fsp3) is 1.00. The van der Waals surface area contributed by atoms with Crippen molar-refractivity contribution in [1.82, 2.24) is 0 Å². The number of rotatable bonds is 10. The van der Waals surface area contributed by atoms with Gasteiger partial charge in [-0.15, -0.1) is 0 Å². The average molecular weight is 532 g/mol. The SMILES string of the molecule is CC(C)(CCC(Br)C(O)CBr)CCC(Br)C(O)CBr. The minimum absolute atomic E-state index is 0.138. The first kappa shape index (κ1) is 20.8. The highest BCUT2D eigenvalue weighted by atomic mass is 79.9. The van der Waals surface area contributed by atoms with Gasteiger partial charge in [-0.1, -0.05) is 77.6 Å². The molecular formula is C13H24Br4O2. The first-order valence-corrected chi connectivity index (χ1v) is 10.6. The maximum atomic E-state index is 9.71. The quantitative estimate of drug-likeness (QED) is 0.404. The van der Waals surface area contributed by atoms with Gasteiger partial charge in [0.1, 0.15) is 0 Å². The second-order valence-corrected chi connectivity index (χ2v) is 9.36. The molecule has 0 saturated heterocycles. The molecule has 2 nitrogen and oxygen atoms in total. The van der Waals surface area contributed by atoms with Crippen LogP contribution in [-0.2, 0) is 0 Å². The lowest BCUT2D eigenvalue weighted by Gasteiger charge is -2.28. The second kappa shape index (κ2) is 10.5. The van der Waals surface area contributed by atoms with E-state index in [1.807, 2.05) is 0 Å². The standard InChI is InChI=1S/C13H24Br4O2/c1-13(2,5-3-9(16)11(18)7-14)6-4-10(17)12(19)8-15/h9-12,18-19H,3-8H2,1-2H3. The van der Waals surface area contributed by atoms with Crippen molar-refractivity contribution >= 4 is 63.7 Å². The number of hydrogen-bond donors (Lipinski definition) is 2. The molecule has 116 valence electrons. The molecule has 2 N–H and O–H groups in total. The zero-order chi connectivity index (χ0) is 15.1. The Morgan fingerprint density at radius 2 is 1.16 bits per heavy atom. The molecule has 0 amide bonds. The van der Waals surface area contributed by atoms with Crippen LogP contribution in [0.5, 0.6) is 0 Å². The van der Waals surface area contributed by atoms with Crippen LogP contribution in [-0.4, -0.2) is 42.7 Å². The zero-order valence-electron chi connectivity index (χ0n) is 11.5. The summed E-state index contributed by atoms with van der Waals surface area (Å²) in [5, 5.41) is 20.6. The van der Waals surface area contributed by atoms with Crippen molar-refractivity contribution in [2.75, 3.05) is 10.7 Å². The molecule has 0 aromatic carbocycles. The molecule has 0 saturated carbocycles. The summed E-state index contributed by atoms with van der Waals surface area (Å²) < 4.78 is 0. The Hall–Kier alpha value is 1.84. The molecule has 0 heterocycles. The molecule has 0 bridgehead atoms. The first-order valence-electron chi connectivity index (χ1n) is 6.49. The number of hydrogen-bond acceptors (Lipinski definition) is 2. The van der Waals surface area contributed by atoms with E-state index in [2.05, 4.69) is 77.6 Å². The molecule has 0 aliphatic carbocycles. The van der Waals surface area contributed by atoms with Gasteiger partial charge in [0, 0.05) is 20.3 Å². The fourth-order valence-electron chi connectivity index (χ4n) is 1.76. The molecule has 0 aliphatic heterocycles. The molecule has 0 aromatic heterocycles. The second-order valence-electron chi connectivity index (χ2n) is 5.72. The lowest BCUT2D eigenvalue weighted by atomic mass is 9.81. The van der Waals surface area contributed by atoms with Gasteiger partial charge in [0.05, 0.1) is 12.2 Å². The van der Waals surface area contributed by atoms with E-state index in [4.69, 9.17) is 0 Å². The van der Waals surface area contributed by atoms with Crippen LogP contribution in [0, 0.1) is 5.41 Å². The zero-order valence-corrected chi connectivity index (χ0v) is 17.8. The molecule has 0 radical (unpaired) electrons. The Bertz CT molecular complexity index is 217. The van der Waals surface area contributed by atoms with Crippen molar-refractivity contribution in [2.24, 2.45) is 5.41 Å². The third kappa shape index (κ3) is 9.46. The Morgan fingerprint density at radius 3 is 1.42 bits per heavy atom. The van der Waals surface area contributed by atoms with Crippen LogP contribution in [0.1, 0.15) is 39.5 Å². The highest BCUT2D eigenvalue weighted by Gasteiger charge is 2.24.